The van der Waals surface area contributed by atoms with Crippen molar-refractivity contribution in [2.75, 3.05) is 5.75 Å². The van der Waals surface area contributed by atoms with Crippen LogP contribution in [-0.2, 0) is 16.5 Å². The maximum Gasteiger partial charge on any atom is 0.405 e. The van der Waals surface area contributed by atoms with Crippen molar-refractivity contribution in [2.45, 2.75) is 12.6 Å². The summed E-state index contributed by atoms with van der Waals surface area (Å²) >= 11 is 0. The summed E-state index contributed by atoms with van der Waals surface area (Å²) < 4.78 is 59.6. The molecule has 0 radical (unpaired) electrons. The van der Waals surface area contributed by atoms with Crippen LogP contribution in [0.4, 0.5) is 13.2 Å². The predicted molar refractivity (Wildman–Crippen MR) is 77.2 cm³/mol. The first-order valence-corrected chi connectivity index (χ1v) is 7.95. The first kappa shape index (κ1) is 16.5. The van der Waals surface area contributed by atoms with Crippen LogP contribution in [0.3, 0.4) is 0 Å². The third-order valence-corrected chi connectivity index (χ3v) is 3.74. The fourth-order valence-electron chi connectivity index (χ4n) is 2.29. The Balaban J connectivity index is 0.000000175. The molecular weight excluding hydrogens is 317 g/mol. The highest BCUT2D eigenvalue weighted by Crippen LogP contribution is 2.35. The van der Waals surface area contributed by atoms with E-state index in [4.69, 9.17) is 4.55 Å². The summed E-state index contributed by atoms with van der Waals surface area (Å²) in [5.41, 5.74) is 5.75. The number of benzene rings is 2. The Kier molecular flexibility index (Phi) is 4.58. The molecule has 3 nitrogen and oxygen atoms in total. The van der Waals surface area contributed by atoms with Crippen LogP contribution >= 0.6 is 0 Å². The number of fused-ring (bicyclic) bond motifs is 3. The lowest BCUT2D eigenvalue weighted by molar-refractivity contribution is -0.107. The van der Waals surface area contributed by atoms with Gasteiger partial charge in [-0.2, -0.15) is 21.6 Å². The van der Waals surface area contributed by atoms with Gasteiger partial charge in [0.2, 0.25) is 0 Å². The molecule has 1 aliphatic carbocycles. The van der Waals surface area contributed by atoms with E-state index in [-0.39, 0.29) is 0 Å². The van der Waals surface area contributed by atoms with Crippen LogP contribution in [0.1, 0.15) is 11.1 Å². The van der Waals surface area contributed by atoms with Crippen LogP contribution in [0, 0.1) is 0 Å². The molecule has 1 aliphatic rings. The van der Waals surface area contributed by atoms with Gasteiger partial charge >= 0.3 is 6.18 Å². The molecule has 7 heteroatoms. The third kappa shape index (κ3) is 4.57. The van der Waals surface area contributed by atoms with E-state index in [2.05, 4.69) is 48.5 Å². The zero-order chi connectivity index (χ0) is 16.4. The molecule has 3 rings (SSSR count). The van der Waals surface area contributed by atoms with Crippen LogP contribution < -0.4 is 0 Å². The minimum absolute atomic E-state index is 1.10. The molecule has 0 heterocycles. The van der Waals surface area contributed by atoms with Crippen LogP contribution in [0.5, 0.6) is 0 Å². The smallest absolute Gasteiger partial charge is 0.285 e. The van der Waals surface area contributed by atoms with Gasteiger partial charge in [0.1, 0.15) is 0 Å². The molecule has 22 heavy (non-hydrogen) atoms. The normalized spacial score (nSPS) is 12.9. The molecule has 1 N–H and O–H groups in total. The molecule has 0 aromatic heterocycles. The minimum Gasteiger partial charge on any atom is -0.285 e. The van der Waals surface area contributed by atoms with E-state index < -0.39 is 22.0 Å². The van der Waals surface area contributed by atoms with E-state index in [0.717, 1.165) is 6.42 Å². The quantitative estimate of drug-likeness (QED) is 0.692. The number of rotatable bonds is 1. The minimum atomic E-state index is -4.91. The second kappa shape index (κ2) is 6.10. The van der Waals surface area contributed by atoms with Crippen molar-refractivity contribution in [1.29, 1.82) is 0 Å². The van der Waals surface area contributed by atoms with E-state index in [1.807, 2.05) is 0 Å². The van der Waals surface area contributed by atoms with Gasteiger partial charge in [-0.25, -0.2) is 0 Å². The van der Waals surface area contributed by atoms with Gasteiger partial charge in [0, 0.05) is 0 Å². The largest absolute Gasteiger partial charge is 0.405 e. The molecular formula is C15H13F3O3S. The summed E-state index contributed by atoms with van der Waals surface area (Å²) in [5, 5.41) is 0. The van der Waals surface area contributed by atoms with Crippen LogP contribution in [-0.4, -0.2) is 24.9 Å². The summed E-state index contributed by atoms with van der Waals surface area (Å²) in [5.74, 6) is -2.18. The van der Waals surface area contributed by atoms with Crippen LogP contribution in [0.15, 0.2) is 48.5 Å². The Labute approximate surface area is 126 Å². The Morgan fingerprint density at radius 2 is 1.32 bits per heavy atom. The lowest BCUT2D eigenvalue weighted by Crippen LogP contribution is -2.21. The molecule has 0 aliphatic heterocycles. The highest BCUT2D eigenvalue weighted by Gasteiger charge is 2.33. The molecule has 0 saturated heterocycles. The number of alkyl halides is 3. The van der Waals surface area contributed by atoms with Gasteiger partial charge in [0.15, 0.2) is 5.75 Å². The number of hydrogen-bond acceptors (Lipinski definition) is 2. The summed E-state index contributed by atoms with van der Waals surface area (Å²) in [6, 6.07) is 17.3. The van der Waals surface area contributed by atoms with E-state index in [1.54, 1.807) is 0 Å². The topological polar surface area (TPSA) is 54.4 Å². The van der Waals surface area contributed by atoms with Crippen molar-refractivity contribution < 1.29 is 26.1 Å². The van der Waals surface area contributed by atoms with Crippen molar-refractivity contribution in [3.8, 4) is 11.1 Å². The van der Waals surface area contributed by atoms with Crippen LogP contribution in [0.25, 0.3) is 11.1 Å². The molecule has 0 bridgehead atoms. The highest BCUT2D eigenvalue weighted by atomic mass is 32.2. The molecule has 0 spiro atoms. The molecule has 0 saturated carbocycles. The van der Waals surface area contributed by atoms with Crippen molar-refractivity contribution >= 4 is 10.1 Å². The fourth-order valence-corrected chi connectivity index (χ4v) is 2.70. The first-order chi connectivity index (χ1) is 10.2. The van der Waals surface area contributed by atoms with Gasteiger partial charge in [-0.05, 0) is 28.7 Å². The van der Waals surface area contributed by atoms with Gasteiger partial charge < -0.3 is 0 Å². The predicted octanol–water partition coefficient (Wildman–Crippen LogP) is 3.69. The second-order valence-electron chi connectivity index (χ2n) is 4.83. The lowest BCUT2D eigenvalue weighted by Gasteiger charge is -2.00. The van der Waals surface area contributed by atoms with Gasteiger partial charge in [-0.15, -0.1) is 0 Å². The highest BCUT2D eigenvalue weighted by molar-refractivity contribution is 7.85. The molecule has 0 fully saturated rings. The fraction of sp³-hybridized carbons (Fsp3) is 0.200. The first-order valence-electron chi connectivity index (χ1n) is 6.34. The van der Waals surface area contributed by atoms with Crippen molar-refractivity contribution in [3.63, 3.8) is 0 Å². The molecule has 0 amide bonds. The van der Waals surface area contributed by atoms with E-state index in [0.29, 0.717) is 0 Å². The number of hydrogen-bond donors (Lipinski definition) is 1. The van der Waals surface area contributed by atoms with E-state index >= 15 is 0 Å². The van der Waals surface area contributed by atoms with Crippen molar-refractivity contribution in [1.82, 2.24) is 0 Å². The average Bonchev–Trinajstić information content (AvgIpc) is 2.73. The Hall–Kier alpha value is -1.86. The third-order valence-electron chi connectivity index (χ3n) is 3.05. The summed E-state index contributed by atoms with van der Waals surface area (Å²) in [7, 11) is -4.91. The standard InChI is InChI=1S/C13H10.C2H3F3O3S/c1-3-7-12-10(5-1)9-11-6-2-4-8-13(11)12;3-2(4,5)1-9(6,7)8/h1-8H,9H2;1H2,(H,6,7,8). The monoisotopic (exact) mass is 330 g/mol. The Morgan fingerprint density at radius 3 is 1.64 bits per heavy atom. The summed E-state index contributed by atoms with van der Waals surface area (Å²) in [6.45, 7) is 0. The van der Waals surface area contributed by atoms with Crippen molar-refractivity contribution in [3.05, 3.63) is 59.7 Å². The summed E-state index contributed by atoms with van der Waals surface area (Å²) in [6.07, 6.45) is -3.75. The van der Waals surface area contributed by atoms with E-state index in [9.17, 15) is 21.6 Å². The molecule has 0 unspecified atom stereocenters. The van der Waals surface area contributed by atoms with Gasteiger partial charge in [-0.3, -0.25) is 4.55 Å². The average molecular weight is 330 g/mol. The van der Waals surface area contributed by atoms with Crippen molar-refractivity contribution in [2.24, 2.45) is 0 Å². The van der Waals surface area contributed by atoms with Gasteiger partial charge in [-0.1, -0.05) is 48.5 Å². The Morgan fingerprint density at radius 1 is 0.909 bits per heavy atom. The maximum atomic E-state index is 11.0. The zero-order valence-corrected chi connectivity index (χ0v) is 12.2. The zero-order valence-electron chi connectivity index (χ0n) is 11.3. The maximum absolute atomic E-state index is 11.0. The summed E-state index contributed by atoms with van der Waals surface area (Å²) in [4.78, 5) is 0. The van der Waals surface area contributed by atoms with Gasteiger partial charge in [0.25, 0.3) is 10.1 Å². The van der Waals surface area contributed by atoms with Crippen LogP contribution in [0.2, 0.25) is 0 Å². The lowest BCUT2D eigenvalue weighted by atomic mass is 10.1. The van der Waals surface area contributed by atoms with E-state index in [1.165, 1.54) is 22.3 Å². The molecule has 118 valence electrons. The molecule has 0 atom stereocenters. The Bertz CT molecular complexity index is 724. The number of halogens is 3. The second-order valence-corrected chi connectivity index (χ2v) is 6.29. The molecule has 2 aromatic rings. The SMILES string of the molecule is O=S(=O)(O)CC(F)(F)F.c1ccc2c(c1)Cc1ccccc1-2. The van der Waals surface area contributed by atoms with Gasteiger partial charge in [0.05, 0.1) is 0 Å². The molecule has 2 aromatic carbocycles.